The van der Waals surface area contributed by atoms with Gasteiger partial charge in [-0.05, 0) is 12.0 Å². The Morgan fingerprint density at radius 1 is 1.71 bits per heavy atom. The van der Waals surface area contributed by atoms with Gasteiger partial charge in [-0.25, -0.2) is 0 Å². The van der Waals surface area contributed by atoms with Crippen molar-refractivity contribution in [2.45, 2.75) is 33.1 Å². The highest BCUT2D eigenvalue weighted by molar-refractivity contribution is 5.69. The minimum atomic E-state index is -0.762. The van der Waals surface area contributed by atoms with Crippen LogP contribution in [0.4, 0.5) is 0 Å². The molecule has 0 aliphatic rings. The highest BCUT2D eigenvalue weighted by atomic mass is 16.4. The van der Waals surface area contributed by atoms with E-state index in [0.29, 0.717) is 6.42 Å². The van der Waals surface area contributed by atoms with Gasteiger partial charge in [0, 0.05) is 12.1 Å². The van der Waals surface area contributed by atoms with E-state index in [9.17, 15) is 4.79 Å². The molecule has 0 saturated heterocycles. The first-order valence-corrected chi connectivity index (χ1v) is 4.89. The van der Waals surface area contributed by atoms with E-state index in [-0.39, 0.29) is 5.92 Å². The molecule has 1 heterocycles. The molecule has 2 N–H and O–H groups in total. The fourth-order valence-electron chi connectivity index (χ4n) is 1.39. The van der Waals surface area contributed by atoms with Crippen molar-refractivity contribution >= 4 is 5.97 Å². The molecule has 0 fully saturated rings. The standard InChI is InChI=1S/C10H16N2O2/c1-3-4-8-6-11-12-9(8)5-7(2)10(13)14/h6-7H,3-5H2,1-2H3,(H,11,12)(H,13,14). The number of H-pyrrole nitrogens is 1. The molecule has 1 rings (SSSR count). The third kappa shape index (κ3) is 2.58. The normalized spacial score (nSPS) is 12.7. The van der Waals surface area contributed by atoms with Gasteiger partial charge in [-0.2, -0.15) is 5.10 Å². The first kappa shape index (κ1) is 10.8. The average molecular weight is 196 g/mol. The van der Waals surface area contributed by atoms with Gasteiger partial charge in [0.15, 0.2) is 0 Å². The van der Waals surface area contributed by atoms with Crippen molar-refractivity contribution in [2.75, 3.05) is 0 Å². The van der Waals surface area contributed by atoms with Gasteiger partial charge in [-0.1, -0.05) is 20.3 Å². The number of aliphatic carboxylic acids is 1. The molecule has 0 bridgehead atoms. The average Bonchev–Trinajstić information content (AvgIpc) is 2.53. The molecule has 14 heavy (non-hydrogen) atoms. The zero-order valence-electron chi connectivity index (χ0n) is 8.58. The number of carboxylic acids is 1. The van der Waals surface area contributed by atoms with Crippen LogP contribution in [-0.2, 0) is 17.6 Å². The molecule has 0 radical (unpaired) electrons. The minimum absolute atomic E-state index is 0.356. The lowest BCUT2D eigenvalue weighted by Gasteiger charge is -2.05. The van der Waals surface area contributed by atoms with E-state index in [1.54, 1.807) is 13.1 Å². The van der Waals surface area contributed by atoms with Crippen molar-refractivity contribution in [1.82, 2.24) is 10.2 Å². The lowest BCUT2D eigenvalue weighted by atomic mass is 10.0. The second-order valence-corrected chi connectivity index (χ2v) is 3.57. The maximum absolute atomic E-state index is 10.7. The lowest BCUT2D eigenvalue weighted by molar-refractivity contribution is -0.141. The van der Waals surface area contributed by atoms with Crippen LogP contribution < -0.4 is 0 Å². The van der Waals surface area contributed by atoms with E-state index in [0.717, 1.165) is 24.1 Å². The van der Waals surface area contributed by atoms with E-state index >= 15 is 0 Å². The van der Waals surface area contributed by atoms with Crippen LogP contribution in [0, 0.1) is 5.92 Å². The lowest BCUT2D eigenvalue weighted by Crippen LogP contribution is -2.13. The van der Waals surface area contributed by atoms with Crippen LogP contribution in [0.1, 0.15) is 31.5 Å². The Hall–Kier alpha value is -1.32. The Labute approximate surface area is 83.3 Å². The molecule has 0 aliphatic carbocycles. The minimum Gasteiger partial charge on any atom is -0.481 e. The fraction of sp³-hybridized carbons (Fsp3) is 0.600. The van der Waals surface area contributed by atoms with Crippen LogP contribution in [-0.4, -0.2) is 21.3 Å². The number of carbonyl (C=O) groups is 1. The van der Waals surface area contributed by atoms with Crippen molar-refractivity contribution in [3.8, 4) is 0 Å². The maximum Gasteiger partial charge on any atom is 0.306 e. The second-order valence-electron chi connectivity index (χ2n) is 3.57. The van der Waals surface area contributed by atoms with E-state index in [1.165, 1.54) is 0 Å². The van der Waals surface area contributed by atoms with Gasteiger partial charge >= 0.3 is 5.97 Å². The van der Waals surface area contributed by atoms with E-state index < -0.39 is 5.97 Å². The molecule has 0 aliphatic heterocycles. The zero-order chi connectivity index (χ0) is 10.6. The quantitative estimate of drug-likeness (QED) is 0.752. The van der Waals surface area contributed by atoms with Crippen molar-refractivity contribution in [1.29, 1.82) is 0 Å². The molecule has 4 nitrogen and oxygen atoms in total. The summed E-state index contributed by atoms with van der Waals surface area (Å²) >= 11 is 0. The number of aromatic amines is 1. The van der Waals surface area contributed by atoms with Crippen LogP contribution in [0.15, 0.2) is 6.20 Å². The number of hydrogen-bond acceptors (Lipinski definition) is 2. The van der Waals surface area contributed by atoms with Crippen molar-refractivity contribution < 1.29 is 9.90 Å². The molecule has 1 unspecified atom stereocenters. The van der Waals surface area contributed by atoms with Crippen LogP contribution in [0.5, 0.6) is 0 Å². The Bertz CT molecular complexity index is 307. The van der Waals surface area contributed by atoms with E-state index in [1.807, 2.05) is 0 Å². The van der Waals surface area contributed by atoms with E-state index in [2.05, 4.69) is 17.1 Å². The summed E-state index contributed by atoms with van der Waals surface area (Å²) < 4.78 is 0. The maximum atomic E-state index is 10.7. The van der Waals surface area contributed by atoms with Gasteiger partial charge in [-0.3, -0.25) is 9.89 Å². The molecule has 0 amide bonds. The summed E-state index contributed by atoms with van der Waals surface area (Å²) in [7, 11) is 0. The number of nitrogens with zero attached hydrogens (tertiary/aromatic N) is 1. The first-order chi connectivity index (χ1) is 6.65. The summed E-state index contributed by atoms with van der Waals surface area (Å²) in [6.45, 7) is 3.80. The van der Waals surface area contributed by atoms with Gasteiger partial charge in [0.1, 0.15) is 0 Å². The van der Waals surface area contributed by atoms with Gasteiger partial charge in [0.25, 0.3) is 0 Å². The number of aryl methyl sites for hydroxylation is 1. The Morgan fingerprint density at radius 3 is 3.00 bits per heavy atom. The third-order valence-corrected chi connectivity index (χ3v) is 2.26. The number of aromatic nitrogens is 2. The zero-order valence-corrected chi connectivity index (χ0v) is 8.58. The van der Waals surface area contributed by atoms with Crippen LogP contribution >= 0.6 is 0 Å². The summed E-state index contributed by atoms with van der Waals surface area (Å²) in [6.07, 6.45) is 4.32. The number of carboxylic acid groups (broad SMARTS) is 1. The SMILES string of the molecule is CCCc1cn[nH]c1CC(C)C(=O)O. The Kier molecular flexibility index (Phi) is 3.68. The first-order valence-electron chi connectivity index (χ1n) is 4.89. The summed E-state index contributed by atoms with van der Waals surface area (Å²) in [5.74, 6) is -1.12. The fourth-order valence-corrected chi connectivity index (χ4v) is 1.39. The molecular weight excluding hydrogens is 180 g/mol. The number of nitrogens with one attached hydrogen (secondary N) is 1. The van der Waals surface area contributed by atoms with Gasteiger partial charge < -0.3 is 5.11 Å². The molecule has 0 aromatic carbocycles. The third-order valence-electron chi connectivity index (χ3n) is 2.26. The summed E-state index contributed by atoms with van der Waals surface area (Å²) in [5.41, 5.74) is 2.10. The summed E-state index contributed by atoms with van der Waals surface area (Å²) in [4.78, 5) is 10.7. The molecule has 1 atom stereocenters. The number of rotatable bonds is 5. The molecule has 0 spiro atoms. The van der Waals surface area contributed by atoms with Gasteiger partial charge in [0.2, 0.25) is 0 Å². The smallest absolute Gasteiger partial charge is 0.306 e. The van der Waals surface area contributed by atoms with Gasteiger partial charge in [0.05, 0.1) is 12.1 Å². The van der Waals surface area contributed by atoms with Crippen molar-refractivity contribution in [2.24, 2.45) is 5.92 Å². The number of hydrogen-bond donors (Lipinski definition) is 2. The summed E-state index contributed by atoms with van der Waals surface area (Å²) in [5, 5.41) is 15.6. The predicted molar refractivity (Wildman–Crippen MR) is 53.1 cm³/mol. The van der Waals surface area contributed by atoms with Crippen molar-refractivity contribution in [3.05, 3.63) is 17.5 Å². The highest BCUT2D eigenvalue weighted by Gasteiger charge is 2.14. The van der Waals surface area contributed by atoms with Gasteiger partial charge in [-0.15, -0.1) is 0 Å². The van der Waals surface area contributed by atoms with E-state index in [4.69, 9.17) is 5.11 Å². The molecule has 1 aromatic rings. The molecular formula is C10H16N2O2. The topological polar surface area (TPSA) is 66.0 Å². The predicted octanol–water partition coefficient (Wildman–Crippen LogP) is 1.63. The van der Waals surface area contributed by atoms with Crippen molar-refractivity contribution in [3.63, 3.8) is 0 Å². The molecule has 0 saturated carbocycles. The van der Waals surface area contributed by atoms with Crippen LogP contribution in [0.25, 0.3) is 0 Å². The van der Waals surface area contributed by atoms with Crippen LogP contribution in [0.3, 0.4) is 0 Å². The van der Waals surface area contributed by atoms with Crippen LogP contribution in [0.2, 0.25) is 0 Å². The molecule has 4 heteroatoms. The highest BCUT2D eigenvalue weighted by Crippen LogP contribution is 2.12. The summed E-state index contributed by atoms with van der Waals surface area (Å²) in [6, 6.07) is 0. The molecule has 78 valence electrons. The monoisotopic (exact) mass is 196 g/mol. The largest absolute Gasteiger partial charge is 0.481 e. The Balaban J connectivity index is 2.66. The molecule has 1 aromatic heterocycles. The Morgan fingerprint density at radius 2 is 2.43 bits per heavy atom. The second kappa shape index (κ2) is 4.79.